The third-order valence-corrected chi connectivity index (χ3v) is 12.0. The van der Waals surface area contributed by atoms with Gasteiger partial charge < -0.3 is 114 Å². The van der Waals surface area contributed by atoms with E-state index in [9.17, 15) is 64.9 Å². The number of nitrogens with one attached hydrogen (secondary N) is 5. The fraction of sp³-hybridized carbons (Fsp3) is 0.885. The van der Waals surface area contributed by atoms with Crippen molar-refractivity contribution < 1.29 is 116 Å². The molecule has 1 saturated carbocycles. The number of ether oxygens (including phenoxy) is 12. The van der Waals surface area contributed by atoms with E-state index in [1.54, 1.807) is 83.1 Å². The van der Waals surface area contributed by atoms with Gasteiger partial charge in [0, 0.05) is 11.5 Å². The van der Waals surface area contributed by atoms with Gasteiger partial charge in [-0.1, -0.05) is 5.11 Å². The van der Waals surface area contributed by atoms with Crippen LogP contribution >= 0.6 is 0 Å². The van der Waals surface area contributed by atoms with Crippen LogP contribution in [0.15, 0.2) is 5.11 Å². The summed E-state index contributed by atoms with van der Waals surface area (Å²) in [4.78, 5) is 83.3. The molecule has 3 saturated heterocycles. The molecule has 1 aliphatic carbocycles. The summed E-state index contributed by atoms with van der Waals surface area (Å²) in [6.45, 7) is 26.8. The maximum Gasteiger partial charge on any atom is 0.408 e. The lowest BCUT2D eigenvalue weighted by Gasteiger charge is -2.49. The topological polar surface area (TPSA) is 443 Å². The highest BCUT2D eigenvalue weighted by atomic mass is 16.8. The Morgan fingerprint density at radius 1 is 0.452 bits per heavy atom. The summed E-state index contributed by atoms with van der Waals surface area (Å²) in [5, 5.41) is 87.0. The number of alkyl carbamates (subject to hydrolysis) is 5. The molecule has 32 heteroatoms. The first kappa shape index (κ1) is 71.1. The first-order chi connectivity index (χ1) is 38.2. The highest BCUT2D eigenvalue weighted by Crippen LogP contribution is 2.37. The number of hydrogen-bond donors (Lipinski definition) is 11. The molecule has 3 aliphatic heterocycles. The normalized spacial score (nSPS) is 33.2. The first-order valence-electron chi connectivity index (χ1n) is 27.4. The van der Waals surface area contributed by atoms with Crippen molar-refractivity contribution in [1.29, 1.82) is 0 Å². The average molecular weight is 1210 g/mol. The van der Waals surface area contributed by atoms with Gasteiger partial charge in [-0.2, -0.15) is 0 Å². The molecule has 0 radical (unpaired) electrons. The monoisotopic (exact) mass is 1210 g/mol. The molecule has 4 rings (SSSR count). The third-order valence-electron chi connectivity index (χ3n) is 12.0. The zero-order valence-corrected chi connectivity index (χ0v) is 51.0. The van der Waals surface area contributed by atoms with E-state index in [1.807, 2.05) is 0 Å². The van der Waals surface area contributed by atoms with E-state index >= 15 is 0 Å². The number of nitrogens with zero attached hydrogens (tertiary/aromatic N) is 3. The lowest BCUT2D eigenvalue weighted by Crippen LogP contribution is -2.70. The quantitative estimate of drug-likeness (QED) is 0.0365. The molecule has 482 valence electrons. The summed E-state index contributed by atoms with van der Waals surface area (Å²) in [5.74, 6) is -1.17. The molecule has 32 nitrogen and oxygen atoms in total. The maximum absolute atomic E-state index is 13.9. The van der Waals surface area contributed by atoms with Crippen molar-refractivity contribution in [2.24, 2.45) is 5.11 Å². The molecule has 5 amide bonds. The van der Waals surface area contributed by atoms with Crippen molar-refractivity contribution in [3.8, 4) is 0 Å². The van der Waals surface area contributed by atoms with Crippen molar-refractivity contribution >= 4 is 36.4 Å². The number of azide groups is 1. The Kier molecular flexibility index (Phi) is 23.7. The van der Waals surface area contributed by atoms with E-state index in [0.717, 1.165) is 0 Å². The molecule has 11 N–H and O–H groups in total. The molecule has 0 aromatic rings. The standard InChI is InChI=1S/C52H90N8O24/c1-47(2,3)79-38(67)37-32(65)31(64)27(59-46(72)84-52(16,17)18)40(78-37)76-35-25(21-55-60-53)74-41(33(35)66)77-36-28(61)22(56-43(69)81-49(7,8)9)19-23(57-44(70)82-50(10,11)12)34(36)75-39-26(58-45(71)83-51(13,14)15)30(63)29(62)24(73-39)20-54-42(68)80-48(4,5)6/h22-37,39-41,61-66H,19-21H2,1-18H3,(H,54,68)(H,56,69)(H,57,70)(H,58,71)(H,59,72). The van der Waals surface area contributed by atoms with Gasteiger partial charge in [0.05, 0.1) is 24.7 Å². The third kappa shape index (κ3) is 21.9. The Balaban J connectivity index is 1.90. The van der Waals surface area contributed by atoms with Gasteiger partial charge in [0.25, 0.3) is 0 Å². The second-order valence-electron chi connectivity index (χ2n) is 26.7. The maximum atomic E-state index is 13.9. The molecule has 0 bridgehead atoms. The van der Waals surface area contributed by atoms with Crippen molar-refractivity contribution in [2.45, 2.75) is 281 Å². The SMILES string of the molecule is CC(C)(C)OC(=O)NCC1OC(OC2C(NC(=O)OC(C)(C)C)CC(NC(=O)OC(C)(C)C)C(O)C2OC2OC(CN=[N+]=[N-])C(OC3OC(C(=O)OC(C)(C)C)C(O)C(O)C3NC(=O)OC(C)(C)C)C2O)C(NC(=O)OC(C)(C)C)C(O)C1O. The first-order valence-corrected chi connectivity index (χ1v) is 27.4. The van der Waals surface area contributed by atoms with Crippen LogP contribution in [0, 0.1) is 0 Å². The molecule has 19 unspecified atom stereocenters. The molecular weight excluding hydrogens is 1120 g/mol. The largest absolute Gasteiger partial charge is 0.458 e. The van der Waals surface area contributed by atoms with Gasteiger partial charge in [-0.15, -0.1) is 0 Å². The number of aliphatic hydroxyl groups excluding tert-OH is 6. The number of hydrogen-bond acceptors (Lipinski definition) is 25. The van der Waals surface area contributed by atoms with Crippen molar-refractivity contribution in [2.75, 3.05) is 13.1 Å². The van der Waals surface area contributed by atoms with Crippen LogP contribution in [0.3, 0.4) is 0 Å². The fourth-order valence-corrected chi connectivity index (χ4v) is 8.89. The van der Waals surface area contributed by atoms with Gasteiger partial charge in [-0.3, -0.25) is 0 Å². The van der Waals surface area contributed by atoms with Gasteiger partial charge in [0.15, 0.2) is 25.0 Å². The minimum Gasteiger partial charge on any atom is -0.458 e. The van der Waals surface area contributed by atoms with Crippen molar-refractivity contribution in [3.63, 3.8) is 0 Å². The number of amides is 5. The highest BCUT2D eigenvalue weighted by molar-refractivity contribution is 5.76. The van der Waals surface area contributed by atoms with Crippen LogP contribution in [0.5, 0.6) is 0 Å². The Bertz CT molecular complexity index is 2300. The predicted molar refractivity (Wildman–Crippen MR) is 288 cm³/mol. The average Bonchev–Trinajstić information content (AvgIpc) is 2.13. The predicted octanol–water partition coefficient (Wildman–Crippen LogP) is 1.64. The number of carbonyl (C=O) groups excluding carboxylic acids is 6. The van der Waals surface area contributed by atoms with Crippen molar-refractivity contribution in [3.05, 3.63) is 10.4 Å². The highest BCUT2D eigenvalue weighted by Gasteiger charge is 2.58. The Hall–Kier alpha value is -5.35. The zero-order chi connectivity index (χ0) is 64.0. The summed E-state index contributed by atoms with van der Waals surface area (Å²) in [7, 11) is 0. The Morgan fingerprint density at radius 3 is 1.31 bits per heavy atom. The summed E-state index contributed by atoms with van der Waals surface area (Å²) in [6, 6.07) is -6.56. The Labute approximate surface area is 487 Å². The van der Waals surface area contributed by atoms with E-state index < -0.39 is 206 Å². The van der Waals surface area contributed by atoms with E-state index in [0.29, 0.717) is 0 Å². The van der Waals surface area contributed by atoms with E-state index in [1.165, 1.54) is 41.5 Å². The molecule has 0 spiro atoms. The molecule has 4 fully saturated rings. The van der Waals surface area contributed by atoms with Crippen LogP contribution in [0.4, 0.5) is 24.0 Å². The lowest BCUT2D eigenvalue weighted by atomic mass is 9.83. The second kappa shape index (κ2) is 28.0. The van der Waals surface area contributed by atoms with Crippen molar-refractivity contribution in [1.82, 2.24) is 26.6 Å². The molecule has 0 aromatic heterocycles. The summed E-state index contributed by atoms with van der Waals surface area (Å²) >= 11 is 0. The number of rotatable bonds is 15. The van der Waals surface area contributed by atoms with Crippen LogP contribution in [0.1, 0.15) is 131 Å². The smallest absolute Gasteiger partial charge is 0.408 e. The minimum atomic E-state index is -2.12. The van der Waals surface area contributed by atoms with Gasteiger partial charge >= 0.3 is 36.4 Å². The van der Waals surface area contributed by atoms with Crippen LogP contribution in [-0.2, 0) is 61.6 Å². The molecule has 0 aromatic carbocycles. The molecule has 3 heterocycles. The van der Waals surface area contributed by atoms with Crippen LogP contribution in [0.25, 0.3) is 10.4 Å². The summed E-state index contributed by atoms with van der Waals surface area (Å²) in [6.07, 6.45) is -34.8. The molecular formula is C52H90N8O24. The molecule has 19 atom stereocenters. The number of carbonyl (C=O) groups is 6. The number of esters is 1. The van der Waals surface area contributed by atoms with E-state index in [-0.39, 0.29) is 0 Å². The van der Waals surface area contributed by atoms with Crippen LogP contribution < -0.4 is 26.6 Å². The fourth-order valence-electron chi connectivity index (χ4n) is 8.89. The Morgan fingerprint density at radius 2 is 0.845 bits per heavy atom. The van der Waals surface area contributed by atoms with E-state index in [4.69, 9.17) is 56.8 Å². The number of aliphatic hydroxyl groups is 6. The van der Waals surface area contributed by atoms with Crippen LogP contribution in [-0.4, -0.2) is 230 Å². The molecule has 4 aliphatic rings. The van der Waals surface area contributed by atoms with Gasteiger partial charge in [0.2, 0.25) is 0 Å². The zero-order valence-electron chi connectivity index (χ0n) is 51.0. The van der Waals surface area contributed by atoms with Gasteiger partial charge in [-0.05, 0) is 137 Å². The minimum absolute atomic E-state index is 0.451. The second-order valence-corrected chi connectivity index (χ2v) is 26.7. The van der Waals surface area contributed by atoms with Gasteiger partial charge in [-0.25, -0.2) is 28.8 Å². The lowest BCUT2D eigenvalue weighted by molar-refractivity contribution is -0.311. The van der Waals surface area contributed by atoms with Gasteiger partial charge in [0.1, 0.15) is 107 Å². The molecule has 84 heavy (non-hydrogen) atoms. The van der Waals surface area contributed by atoms with Crippen LogP contribution in [0.2, 0.25) is 0 Å². The van der Waals surface area contributed by atoms with E-state index in [2.05, 4.69) is 36.6 Å². The summed E-state index contributed by atoms with van der Waals surface area (Å²) in [5.41, 5.74) is 2.93. The summed E-state index contributed by atoms with van der Waals surface area (Å²) < 4.78 is 70.4.